The van der Waals surface area contributed by atoms with Crippen molar-refractivity contribution in [3.8, 4) is 11.5 Å². The van der Waals surface area contributed by atoms with E-state index in [1.165, 1.54) is 5.56 Å². The van der Waals surface area contributed by atoms with Gasteiger partial charge in [0.05, 0.1) is 0 Å². The Morgan fingerprint density at radius 1 is 1.04 bits per heavy atom. The van der Waals surface area contributed by atoms with Crippen LogP contribution < -0.4 is 9.47 Å². The summed E-state index contributed by atoms with van der Waals surface area (Å²) in [6.07, 6.45) is 8.92. The average Bonchev–Trinajstić information content (AvgIpc) is 2.98. The monoisotopic (exact) mass is 364 g/mol. The van der Waals surface area contributed by atoms with Gasteiger partial charge in [0.2, 0.25) is 0 Å². The summed E-state index contributed by atoms with van der Waals surface area (Å²) in [7, 11) is 0. The first-order chi connectivity index (χ1) is 13.3. The van der Waals surface area contributed by atoms with Crippen LogP contribution >= 0.6 is 0 Å². The van der Waals surface area contributed by atoms with Crippen LogP contribution in [0.5, 0.6) is 11.5 Å². The standard InChI is InChI=1S/C22H24N2O3/c25-22(21-8-5-15-3-1-2-4-20(15)27-21)24-16-6-7-17(24)14-19(13-16)26-18-9-11-23-12-10-18/h1-4,9-12,16-17,19,21H,5-8,13-14H2. The van der Waals surface area contributed by atoms with E-state index in [4.69, 9.17) is 9.47 Å². The molecule has 1 aromatic heterocycles. The molecule has 3 unspecified atom stereocenters. The first-order valence-electron chi connectivity index (χ1n) is 9.91. The lowest BCUT2D eigenvalue weighted by Gasteiger charge is -2.41. The van der Waals surface area contributed by atoms with Gasteiger partial charge in [-0.15, -0.1) is 0 Å². The molecule has 5 nitrogen and oxygen atoms in total. The SMILES string of the molecule is O=C(C1CCc2ccccc2O1)N1C2CCC1CC(Oc1ccncc1)C2. The van der Waals surface area contributed by atoms with Gasteiger partial charge in [-0.2, -0.15) is 0 Å². The van der Waals surface area contributed by atoms with E-state index in [0.29, 0.717) is 0 Å². The molecule has 1 amide bonds. The molecule has 140 valence electrons. The second-order valence-corrected chi connectivity index (χ2v) is 7.78. The number of piperidine rings is 1. The summed E-state index contributed by atoms with van der Waals surface area (Å²) >= 11 is 0. The molecule has 2 fully saturated rings. The van der Waals surface area contributed by atoms with E-state index in [1.54, 1.807) is 12.4 Å². The highest BCUT2D eigenvalue weighted by Crippen LogP contribution is 2.39. The van der Waals surface area contributed by atoms with Crippen molar-refractivity contribution in [2.24, 2.45) is 0 Å². The van der Waals surface area contributed by atoms with Gasteiger partial charge in [-0.25, -0.2) is 0 Å². The summed E-state index contributed by atoms with van der Waals surface area (Å²) in [5.41, 5.74) is 1.20. The Hall–Kier alpha value is -2.56. The molecule has 3 aliphatic heterocycles. The van der Waals surface area contributed by atoms with E-state index in [1.807, 2.05) is 30.3 Å². The molecule has 1 aromatic carbocycles. The molecule has 5 heteroatoms. The van der Waals surface area contributed by atoms with Gasteiger partial charge >= 0.3 is 0 Å². The highest BCUT2D eigenvalue weighted by molar-refractivity contribution is 5.82. The summed E-state index contributed by atoms with van der Waals surface area (Å²) in [5.74, 6) is 1.89. The van der Waals surface area contributed by atoms with Crippen LogP contribution in [0.25, 0.3) is 0 Å². The van der Waals surface area contributed by atoms with Crippen LogP contribution in [0, 0.1) is 0 Å². The number of pyridine rings is 1. The number of ether oxygens (including phenoxy) is 2. The number of carbonyl (C=O) groups excluding carboxylic acids is 1. The summed E-state index contributed by atoms with van der Waals surface area (Å²) in [6, 6.07) is 12.4. The minimum Gasteiger partial charge on any atom is -0.490 e. The van der Waals surface area contributed by atoms with Gasteiger partial charge in [-0.3, -0.25) is 9.78 Å². The summed E-state index contributed by atoms with van der Waals surface area (Å²) < 4.78 is 12.2. The topological polar surface area (TPSA) is 51.7 Å². The van der Waals surface area contributed by atoms with Crippen LogP contribution in [0.3, 0.4) is 0 Å². The van der Waals surface area contributed by atoms with E-state index in [9.17, 15) is 4.79 Å². The zero-order chi connectivity index (χ0) is 18.2. The minimum atomic E-state index is -0.347. The molecule has 0 N–H and O–H groups in total. The van der Waals surface area contributed by atoms with Crippen molar-refractivity contribution in [3.05, 3.63) is 54.4 Å². The second-order valence-electron chi connectivity index (χ2n) is 7.78. The van der Waals surface area contributed by atoms with Crippen molar-refractivity contribution in [1.82, 2.24) is 9.88 Å². The van der Waals surface area contributed by atoms with Gasteiger partial charge in [0.1, 0.15) is 17.6 Å². The number of para-hydroxylation sites is 1. The zero-order valence-corrected chi connectivity index (χ0v) is 15.3. The number of hydrogen-bond acceptors (Lipinski definition) is 4. The number of amides is 1. The third kappa shape index (κ3) is 3.15. The number of hydrogen-bond donors (Lipinski definition) is 0. The van der Waals surface area contributed by atoms with Gasteiger partial charge < -0.3 is 14.4 Å². The Kier molecular flexibility index (Phi) is 4.23. The van der Waals surface area contributed by atoms with Gasteiger partial charge in [-0.05, 0) is 49.4 Å². The molecular weight excluding hydrogens is 340 g/mol. The third-order valence-electron chi connectivity index (χ3n) is 6.09. The largest absolute Gasteiger partial charge is 0.490 e. The van der Waals surface area contributed by atoms with Gasteiger partial charge in [0, 0.05) is 37.3 Å². The van der Waals surface area contributed by atoms with Crippen LogP contribution in [0.4, 0.5) is 0 Å². The van der Waals surface area contributed by atoms with E-state index >= 15 is 0 Å². The van der Waals surface area contributed by atoms with E-state index in [2.05, 4.69) is 16.0 Å². The van der Waals surface area contributed by atoms with E-state index in [0.717, 1.165) is 50.0 Å². The number of rotatable bonds is 3. The molecule has 27 heavy (non-hydrogen) atoms. The van der Waals surface area contributed by atoms with Crippen molar-refractivity contribution < 1.29 is 14.3 Å². The first-order valence-corrected chi connectivity index (χ1v) is 9.91. The summed E-state index contributed by atoms with van der Waals surface area (Å²) in [5, 5.41) is 0. The van der Waals surface area contributed by atoms with E-state index < -0.39 is 0 Å². The Balaban J connectivity index is 1.26. The molecule has 2 bridgehead atoms. The van der Waals surface area contributed by atoms with Crippen molar-refractivity contribution in [3.63, 3.8) is 0 Å². The molecule has 5 rings (SSSR count). The number of aromatic nitrogens is 1. The maximum atomic E-state index is 13.2. The van der Waals surface area contributed by atoms with Crippen molar-refractivity contribution in [2.75, 3.05) is 0 Å². The molecule has 3 atom stereocenters. The van der Waals surface area contributed by atoms with E-state index in [-0.39, 0.29) is 30.2 Å². The number of nitrogens with zero attached hydrogens (tertiary/aromatic N) is 2. The Labute approximate surface area is 159 Å². The first kappa shape index (κ1) is 16.6. The van der Waals surface area contributed by atoms with Crippen molar-refractivity contribution in [1.29, 1.82) is 0 Å². The quantitative estimate of drug-likeness (QED) is 0.838. The fraction of sp³-hybridized carbons (Fsp3) is 0.455. The normalized spacial score (nSPS) is 29.0. The lowest BCUT2D eigenvalue weighted by Crippen LogP contribution is -2.54. The lowest BCUT2D eigenvalue weighted by molar-refractivity contribution is -0.145. The predicted molar refractivity (Wildman–Crippen MR) is 101 cm³/mol. The molecule has 3 aliphatic rings. The summed E-state index contributed by atoms with van der Waals surface area (Å²) in [4.78, 5) is 19.4. The Morgan fingerprint density at radius 3 is 2.56 bits per heavy atom. The van der Waals surface area contributed by atoms with Gasteiger partial charge in [0.25, 0.3) is 5.91 Å². The Bertz CT molecular complexity index is 811. The molecule has 2 saturated heterocycles. The molecule has 0 saturated carbocycles. The molecule has 4 heterocycles. The van der Waals surface area contributed by atoms with Crippen molar-refractivity contribution >= 4 is 5.91 Å². The lowest BCUT2D eigenvalue weighted by atomic mass is 9.96. The molecule has 0 spiro atoms. The maximum Gasteiger partial charge on any atom is 0.264 e. The van der Waals surface area contributed by atoms with Crippen LogP contribution in [0.1, 0.15) is 37.7 Å². The van der Waals surface area contributed by atoms with Gasteiger partial charge in [-0.1, -0.05) is 18.2 Å². The van der Waals surface area contributed by atoms with Crippen LogP contribution in [0.2, 0.25) is 0 Å². The van der Waals surface area contributed by atoms with Crippen molar-refractivity contribution in [2.45, 2.75) is 62.8 Å². The maximum absolute atomic E-state index is 13.2. The highest BCUT2D eigenvalue weighted by Gasteiger charge is 2.46. The molecule has 0 aliphatic carbocycles. The molecular formula is C22H24N2O3. The van der Waals surface area contributed by atoms with Crippen LogP contribution in [0.15, 0.2) is 48.8 Å². The Morgan fingerprint density at radius 2 is 1.78 bits per heavy atom. The molecule has 0 radical (unpaired) electrons. The number of aryl methyl sites for hydroxylation is 1. The van der Waals surface area contributed by atoms with Crippen LogP contribution in [-0.4, -0.2) is 40.1 Å². The third-order valence-corrected chi connectivity index (χ3v) is 6.09. The van der Waals surface area contributed by atoms with Crippen LogP contribution in [-0.2, 0) is 11.2 Å². The minimum absolute atomic E-state index is 0.166. The smallest absolute Gasteiger partial charge is 0.264 e. The zero-order valence-electron chi connectivity index (χ0n) is 15.3. The van der Waals surface area contributed by atoms with Gasteiger partial charge in [0.15, 0.2) is 6.10 Å². The number of benzene rings is 1. The second kappa shape index (κ2) is 6.87. The molecule has 2 aromatic rings. The summed E-state index contributed by atoms with van der Waals surface area (Å²) in [6.45, 7) is 0. The highest BCUT2D eigenvalue weighted by atomic mass is 16.5. The predicted octanol–water partition coefficient (Wildman–Crippen LogP) is 3.38. The number of fused-ring (bicyclic) bond motifs is 3. The average molecular weight is 364 g/mol. The number of carbonyl (C=O) groups is 1. The fourth-order valence-corrected chi connectivity index (χ4v) is 4.86. The fourth-order valence-electron chi connectivity index (χ4n) is 4.86.